The highest BCUT2D eigenvalue weighted by Gasteiger charge is 2.12. The maximum atomic E-state index is 11.0. The number of aryl methyl sites for hydroxylation is 1. The van der Waals surface area contributed by atoms with Crippen molar-refractivity contribution >= 4 is 22.2 Å². The van der Waals surface area contributed by atoms with Gasteiger partial charge in [-0.05, 0) is 41.9 Å². The lowest BCUT2D eigenvalue weighted by Crippen LogP contribution is -2.02. The lowest BCUT2D eigenvalue weighted by atomic mass is 10.2. The van der Waals surface area contributed by atoms with E-state index in [2.05, 4.69) is 21.0 Å². The molecule has 0 N–H and O–H groups in total. The predicted molar refractivity (Wildman–Crippen MR) is 66.1 cm³/mol. The fourth-order valence-electron chi connectivity index (χ4n) is 1.64. The molecule has 0 atom stereocenters. The molecule has 0 amide bonds. The van der Waals surface area contributed by atoms with E-state index in [1.165, 1.54) is 0 Å². The molecule has 2 aromatic rings. The highest BCUT2D eigenvalue weighted by atomic mass is 79.9. The fourth-order valence-corrected chi connectivity index (χ4v) is 1.89. The lowest BCUT2D eigenvalue weighted by Gasteiger charge is -2.06. The summed E-state index contributed by atoms with van der Waals surface area (Å²) < 4.78 is 2.76. The van der Waals surface area contributed by atoms with E-state index < -0.39 is 0 Å². The van der Waals surface area contributed by atoms with E-state index in [-0.39, 0.29) is 0 Å². The van der Waals surface area contributed by atoms with Crippen LogP contribution in [0.2, 0.25) is 0 Å². The first-order valence-electron chi connectivity index (χ1n) is 4.91. The first-order valence-corrected chi connectivity index (χ1v) is 5.70. The number of carbonyl (C=O) groups is 1. The molecule has 0 saturated carbocycles. The fraction of sp³-hybridized carbons (Fsp3) is 0.167. The van der Waals surface area contributed by atoms with Gasteiger partial charge in [-0.15, -0.1) is 0 Å². The number of aromatic nitrogens is 2. The highest BCUT2D eigenvalue weighted by Crippen LogP contribution is 2.23. The van der Waals surface area contributed by atoms with E-state index in [0.29, 0.717) is 5.56 Å². The van der Waals surface area contributed by atoms with Crippen LogP contribution >= 0.6 is 15.9 Å². The molecular weight excluding hydrogens is 268 g/mol. The molecule has 16 heavy (non-hydrogen) atoms. The number of halogens is 1. The monoisotopic (exact) mass is 278 g/mol. The van der Waals surface area contributed by atoms with Crippen molar-refractivity contribution in [3.63, 3.8) is 0 Å². The number of rotatable bonds is 2. The van der Waals surface area contributed by atoms with Gasteiger partial charge in [0.05, 0.1) is 21.5 Å². The minimum atomic E-state index is 0.639. The third-order valence-electron chi connectivity index (χ3n) is 2.49. The molecule has 0 spiro atoms. The van der Waals surface area contributed by atoms with Crippen LogP contribution in [0.1, 0.15) is 21.7 Å². The van der Waals surface area contributed by atoms with Gasteiger partial charge in [-0.1, -0.05) is 12.1 Å². The van der Waals surface area contributed by atoms with Gasteiger partial charge < -0.3 is 0 Å². The Bertz CT molecular complexity index is 546. The summed E-state index contributed by atoms with van der Waals surface area (Å²) >= 11 is 3.47. The van der Waals surface area contributed by atoms with E-state index in [1.807, 2.05) is 32.0 Å². The minimum Gasteiger partial charge on any atom is -0.298 e. The molecule has 0 aliphatic carbocycles. The number of aldehydes is 1. The maximum Gasteiger partial charge on any atom is 0.152 e. The Balaban J connectivity index is 2.67. The van der Waals surface area contributed by atoms with E-state index >= 15 is 0 Å². The Hall–Kier alpha value is -1.42. The highest BCUT2D eigenvalue weighted by molar-refractivity contribution is 9.10. The average molecular weight is 279 g/mol. The Labute approximate surface area is 102 Å². The minimum absolute atomic E-state index is 0.639. The smallest absolute Gasteiger partial charge is 0.152 e. The summed E-state index contributed by atoms with van der Waals surface area (Å²) in [5.74, 6) is 0. The molecule has 4 heteroatoms. The molecule has 3 nitrogen and oxygen atoms in total. The zero-order valence-corrected chi connectivity index (χ0v) is 10.7. The molecule has 1 aromatic heterocycles. The molecule has 0 aliphatic heterocycles. The van der Waals surface area contributed by atoms with Crippen molar-refractivity contribution in [3.05, 3.63) is 45.7 Å². The van der Waals surface area contributed by atoms with Crippen LogP contribution in [0.4, 0.5) is 0 Å². The standard InChI is InChI=1S/C12H11BrN2O/c1-8-12(13)9(2)15(14-8)11-6-4-3-5-10(11)7-16/h3-7H,1-2H3. The van der Waals surface area contributed by atoms with Gasteiger partial charge in [-0.2, -0.15) is 5.10 Å². The molecule has 0 unspecified atom stereocenters. The van der Waals surface area contributed by atoms with E-state index in [4.69, 9.17) is 0 Å². The molecule has 0 radical (unpaired) electrons. The quantitative estimate of drug-likeness (QED) is 0.792. The summed E-state index contributed by atoms with van der Waals surface area (Å²) in [5, 5.41) is 4.40. The van der Waals surface area contributed by atoms with Gasteiger partial charge in [-0.25, -0.2) is 4.68 Å². The van der Waals surface area contributed by atoms with Crippen LogP contribution in [0.3, 0.4) is 0 Å². The van der Waals surface area contributed by atoms with Crippen molar-refractivity contribution in [2.45, 2.75) is 13.8 Å². The summed E-state index contributed by atoms with van der Waals surface area (Å²) in [6.45, 7) is 3.89. The molecular formula is C12H11BrN2O. The Kier molecular flexibility index (Phi) is 2.92. The SMILES string of the molecule is Cc1nn(-c2ccccc2C=O)c(C)c1Br. The Morgan fingerprint density at radius 3 is 2.56 bits per heavy atom. The van der Waals surface area contributed by atoms with Crippen LogP contribution in [0.5, 0.6) is 0 Å². The van der Waals surface area contributed by atoms with Crippen LogP contribution in [0.25, 0.3) is 5.69 Å². The molecule has 1 heterocycles. The van der Waals surface area contributed by atoms with E-state index in [1.54, 1.807) is 10.7 Å². The van der Waals surface area contributed by atoms with Crippen molar-refractivity contribution in [2.75, 3.05) is 0 Å². The average Bonchev–Trinajstić information content (AvgIpc) is 2.57. The molecule has 2 rings (SSSR count). The van der Waals surface area contributed by atoms with Crippen LogP contribution in [0.15, 0.2) is 28.7 Å². The molecule has 0 fully saturated rings. The third kappa shape index (κ3) is 1.69. The molecule has 0 bridgehead atoms. The summed E-state index contributed by atoms with van der Waals surface area (Å²) in [5.41, 5.74) is 3.36. The van der Waals surface area contributed by atoms with E-state index in [9.17, 15) is 4.79 Å². The van der Waals surface area contributed by atoms with Crippen molar-refractivity contribution in [1.29, 1.82) is 0 Å². The van der Waals surface area contributed by atoms with Crippen molar-refractivity contribution in [3.8, 4) is 5.69 Å². The normalized spacial score (nSPS) is 10.4. The zero-order valence-electron chi connectivity index (χ0n) is 9.07. The lowest BCUT2D eigenvalue weighted by molar-refractivity contribution is 0.112. The summed E-state index contributed by atoms with van der Waals surface area (Å²) in [7, 11) is 0. The van der Waals surface area contributed by atoms with Gasteiger partial charge in [0.25, 0.3) is 0 Å². The van der Waals surface area contributed by atoms with Crippen molar-refractivity contribution < 1.29 is 4.79 Å². The molecule has 0 aliphatic rings. The predicted octanol–water partition coefficient (Wildman–Crippen LogP) is 3.06. The molecule has 1 aromatic carbocycles. The van der Waals surface area contributed by atoms with Crippen LogP contribution in [0, 0.1) is 13.8 Å². The topological polar surface area (TPSA) is 34.9 Å². The van der Waals surface area contributed by atoms with E-state index in [0.717, 1.165) is 27.8 Å². The number of hydrogen-bond donors (Lipinski definition) is 0. The Morgan fingerprint density at radius 2 is 2.00 bits per heavy atom. The number of hydrogen-bond acceptors (Lipinski definition) is 2. The second-order valence-corrected chi connectivity index (χ2v) is 4.37. The summed E-state index contributed by atoms with van der Waals surface area (Å²) in [6, 6.07) is 7.41. The van der Waals surface area contributed by atoms with Crippen LogP contribution in [-0.4, -0.2) is 16.1 Å². The first-order chi connectivity index (χ1) is 7.65. The van der Waals surface area contributed by atoms with Gasteiger partial charge >= 0.3 is 0 Å². The summed E-state index contributed by atoms with van der Waals surface area (Å²) in [6.07, 6.45) is 0.847. The Morgan fingerprint density at radius 1 is 1.31 bits per heavy atom. The number of carbonyl (C=O) groups excluding carboxylic acids is 1. The van der Waals surface area contributed by atoms with Crippen LogP contribution in [-0.2, 0) is 0 Å². The van der Waals surface area contributed by atoms with Gasteiger partial charge in [0.1, 0.15) is 0 Å². The molecule has 82 valence electrons. The maximum absolute atomic E-state index is 11.0. The van der Waals surface area contributed by atoms with Gasteiger partial charge in [0, 0.05) is 5.56 Å². The first kappa shape index (κ1) is 11.1. The van der Waals surface area contributed by atoms with Gasteiger partial charge in [-0.3, -0.25) is 4.79 Å². The second-order valence-electron chi connectivity index (χ2n) is 3.57. The van der Waals surface area contributed by atoms with Crippen molar-refractivity contribution in [2.24, 2.45) is 0 Å². The van der Waals surface area contributed by atoms with Crippen molar-refractivity contribution in [1.82, 2.24) is 9.78 Å². The number of para-hydroxylation sites is 1. The largest absolute Gasteiger partial charge is 0.298 e. The van der Waals surface area contributed by atoms with Gasteiger partial charge in [0.2, 0.25) is 0 Å². The number of benzene rings is 1. The molecule has 0 saturated heterocycles. The summed E-state index contributed by atoms with van der Waals surface area (Å²) in [4.78, 5) is 11.0. The zero-order chi connectivity index (χ0) is 11.7. The third-order valence-corrected chi connectivity index (χ3v) is 3.64. The second kappa shape index (κ2) is 4.22. The number of nitrogens with zero attached hydrogens (tertiary/aromatic N) is 2. The van der Waals surface area contributed by atoms with Crippen LogP contribution < -0.4 is 0 Å². The van der Waals surface area contributed by atoms with Gasteiger partial charge in [0.15, 0.2) is 6.29 Å².